The maximum atomic E-state index is 6.77. The molecule has 6 aromatic carbocycles. The quantitative estimate of drug-likeness (QED) is 0.191. The summed E-state index contributed by atoms with van der Waals surface area (Å²) >= 11 is 0. The second-order valence-corrected chi connectivity index (χ2v) is 16.3. The van der Waals surface area contributed by atoms with Crippen molar-refractivity contribution < 1.29 is 4.42 Å². The summed E-state index contributed by atoms with van der Waals surface area (Å²) in [6.45, 7) is 18.4. The first-order valence-corrected chi connectivity index (χ1v) is 17.5. The van der Waals surface area contributed by atoms with Crippen LogP contribution in [0.1, 0.15) is 77.6 Å². The van der Waals surface area contributed by atoms with Crippen molar-refractivity contribution in [1.29, 1.82) is 0 Å². The van der Waals surface area contributed by atoms with E-state index in [0.29, 0.717) is 0 Å². The van der Waals surface area contributed by atoms with Crippen LogP contribution < -0.4 is 4.90 Å². The van der Waals surface area contributed by atoms with Crippen LogP contribution in [0.3, 0.4) is 0 Å². The lowest BCUT2D eigenvalue weighted by molar-refractivity contribution is 0.566. The van der Waals surface area contributed by atoms with E-state index in [1.54, 1.807) is 0 Å². The summed E-state index contributed by atoms with van der Waals surface area (Å²) in [7, 11) is 0. The van der Waals surface area contributed by atoms with Gasteiger partial charge in [0, 0.05) is 38.8 Å². The van der Waals surface area contributed by atoms with Gasteiger partial charge in [0.05, 0.1) is 0 Å². The summed E-state index contributed by atoms with van der Waals surface area (Å²) in [4.78, 5) is 2.43. The molecule has 0 bridgehead atoms. The van der Waals surface area contributed by atoms with E-state index >= 15 is 0 Å². The van der Waals surface area contributed by atoms with Gasteiger partial charge in [-0.3, -0.25) is 0 Å². The molecule has 0 atom stereocenters. The Morgan fingerprint density at radius 1 is 0.510 bits per heavy atom. The summed E-state index contributed by atoms with van der Waals surface area (Å²) < 4.78 is 6.77. The molecule has 0 unspecified atom stereocenters. The minimum absolute atomic E-state index is 0.0499. The third kappa shape index (κ3) is 5.08. The topological polar surface area (TPSA) is 16.4 Å². The van der Waals surface area contributed by atoms with Crippen LogP contribution in [-0.2, 0) is 16.2 Å². The summed E-state index contributed by atoms with van der Waals surface area (Å²) in [6.07, 6.45) is 0. The van der Waals surface area contributed by atoms with Crippen LogP contribution in [0.5, 0.6) is 0 Å². The van der Waals surface area contributed by atoms with Gasteiger partial charge in [0.15, 0.2) is 0 Å². The number of hydrogen-bond donors (Lipinski definition) is 0. The monoisotopic (exact) mass is 639 g/mol. The molecule has 0 saturated heterocycles. The molecule has 8 rings (SSSR count). The van der Waals surface area contributed by atoms with Crippen molar-refractivity contribution in [2.75, 3.05) is 4.90 Å². The second-order valence-electron chi connectivity index (χ2n) is 16.3. The Kier molecular flexibility index (Phi) is 6.99. The fourth-order valence-corrected chi connectivity index (χ4v) is 7.96. The second kappa shape index (κ2) is 11.0. The van der Waals surface area contributed by atoms with Gasteiger partial charge in [0.25, 0.3) is 0 Å². The van der Waals surface area contributed by atoms with E-state index in [2.05, 4.69) is 188 Å². The van der Waals surface area contributed by atoms with Gasteiger partial charge in [0.2, 0.25) is 0 Å². The molecular formula is C47H45NO. The largest absolute Gasteiger partial charge is 0.456 e. The molecule has 0 N–H and O–H groups in total. The van der Waals surface area contributed by atoms with E-state index in [4.69, 9.17) is 4.42 Å². The van der Waals surface area contributed by atoms with Crippen molar-refractivity contribution in [2.24, 2.45) is 0 Å². The Hall–Kier alpha value is -5.08. The van der Waals surface area contributed by atoms with E-state index < -0.39 is 0 Å². The molecule has 0 amide bonds. The highest BCUT2D eigenvalue weighted by molar-refractivity contribution is 6.10. The first-order chi connectivity index (χ1) is 23.3. The first kappa shape index (κ1) is 31.2. The van der Waals surface area contributed by atoms with Crippen molar-refractivity contribution in [1.82, 2.24) is 0 Å². The lowest BCUT2D eigenvalue weighted by atomic mass is 9.79. The average Bonchev–Trinajstić information content (AvgIpc) is 3.56. The zero-order valence-corrected chi connectivity index (χ0v) is 30.0. The van der Waals surface area contributed by atoms with Gasteiger partial charge < -0.3 is 9.32 Å². The molecule has 0 fully saturated rings. The van der Waals surface area contributed by atoms with Crippen LogP contribution >= 0.6 is 0 Å². The SMILES string of the molecule is CC(C)(C)c1ccc(C(C)(C)C)c2c1oc1ccc(N(c3cccc(-c4ccccc4)c3)c3ccc4c(c3)C(C)(C)c3ccccc3-4)cc12. The minimum Gasteiger partial charge on any atom is -0.456 e. The van der Waals surface area contributed by atoms with Crippen molar-refractivity contribution in [3.63, 3.8) is 0 Å². The van der Waals surface area contributed by atoms with Gasteiger partial charge in [-0.1, -0.05) is 140 Å². The smallest absolute Gasteiger partial charge is 0.139 e. The molecular weight excluding hydrogens is 595 g/mol. The summed E-state index contributed by atoms with van der Waals surface area (Å²) in [5.41, 5.74) is 15.4. The number of nitrogens with zero attached hydrogens (tertiary/aromatic N) is 1. The van der Waals surface area contributed by atoms with E-state index in [0.717, 1.165) is 33.6 Å². The standard InChI is InChI=1S/C47H45NO/c1-45(2,3)39-24-25-40(46(4,5)6)44-43(39)37-28-33(22-26-42(37)49-44)48(32-18-14-17-31(27-32)30-15-10-9-11-16-30)34-21-23-36-35-19-12-13-20-38(35)47(7,8)41(36)29-34/h9-29H,1-8H3. The van der Waals surface area contributed by atoms with Crippen LogP contribution in [0, 0.1) is 0 Å². The molecule has 1 aromatic heterocycles. The Bertz CT molecular complexity index is 2380. The van der Waals surface area contributed by atoms with Gasteiger partial charge in [0.1, 0.15) is 11.2 Å². The molecule has 0 aliphatic heterocycles. The summed E-state index contributed by atoms with van der Waals surface area (Å²) in [5, 5.41) is 2.38. The van der Waals surface area contributed by atoms with E-state index in [9.17, 15) is 0 Å². The maximum absolute atomic E-state index is 6.77. The van der Waals surface area contributed by atoms with Crippen LogP contribution in [0.15, 0.2) is 132 Å². The number of rotatable bonds is 4. The van der Waals surface area contributed by atoms with Crippen LogP contribution in [-0.4, -0.2) is 0 Å². The first-order valence-electron chi connectivity index (χ1n) is 17.5. The predicted octanol–water partition coefficient (Wildman–Crippen LogP) is 13.6. The fraction of sp³-hybridized carbons (Fsp3) is 0.234. The van der Waals surface area contributed by atoms with Crippen molar-refractivity contribution in [3.8, 4) is 22.3 Å². The molecule has 0 spiro atoms. The Morgan fingerprint density at radius 2 is 1.12 bits per heavy atom. The average molecular weight is 640 g/mol. The van der Waals surface area contributed by atoms with E-state index in [-0.39, 0.29) is 16.2 Å². The van der Waals surface area contributed by atoms with Gasteiger partial charge in [-0.2, -0.15) is 0 Å². The Morgan fingerprint density at radius 3 is 1.88 bits per heavy atom. The molecule has 244 valence electrons. The number of furan rings is 1. The molecule has 49 heavy (non-hydrogen) atoms. The molecule has 2 nitrogen and oxygen atoms in total. The van der Waals surface area contributed by atoms with Crippen LogP contribution in [0.2, 0.25) is 0 Å². The zero-order valence-electron chi connectivity index (χ0n) is 30.0. The summed E-state index contributed by atoms with van der Waals surface area (Å²) in [6, 6.07) is 46.8. The maximum Gasteiger partial charge on any atom is 0.139 e. The minimum atomic E-state index is -0.102. The lowest BCUT2D eigenvalue weighted by Gasteiger charge is -2.28. The normalized spacial score (nSPS) is 13.9. The van der Waals surface area contributed by atoms with Gasteiger partial charge in [-0.25, -0.2) is 0 Å². The van der Waals surface area contributed by atoms with Crippen LogP contribution in [0.4, 0.5) is 17.1 Å². The van der Waals surface area contributed by atoms with E-state index in [1.165, 1.54) is 49.9 Å². The molecule has 0 saturated carbocycles. The molecule has 2 heteroatoms. The fourth-order valence-electron chi connectivity index (χ4n) is 7.96. The highest BCUT2D eigenvalue weighted by atomic mass is 16.3. The number of hydrogen-bond acceptors (Lipinski definition) is 2. The number of fused-ring (bicyclic) bond motifs is 6. The summed E-state index contributed by atoms with van der Waals surface area (Å²) in [5.74, 6) is 0. The highest BCUT2D eigenvalue weighted by Crippen LogP contribution is 2.51. The number of anilines is 3. The Balaban J connectivity index is 1.39. The molecule has 7 aromatic rings. The van der Waals surface area contributed by atoms with Gasteiger partial charge in [-0.05, 0) is 92.2 Å². The van der Waals surface area contributed by atoms with Gasteiger partial charge >= 0.3 is 0 Å². The lowest BCUT2D eigenvalue weighted by Crippen LogP contribution is -2.16. The van der Waals surface area contributed by atoms with Crippen molar-refractivity contribution >= 4 is 39.0 Å². The molecule has 0 radical (unpaired) electrons. The van der Waals surface area contributed by atoms with Crippen LogP contribution in [0.25, 0.3) is 44.2 Å². The molecule has 1 aliphatic carbocycles. The zero-order chi connectivity index (χ0) is 34.3. The van der Waals surface area contributed by atoms with Crippen molar-refractivity contribution in [2.45, 2.75) is 71.6 Å². The third-order valence-electron chi connectivity index (χ3n) is 10.5. The van der Waals surface area contributed by atoms with Gasteiger partial charge in [-0.15, -0.1) is 0 Å². The van der Waals surface area contributed by atoms with Crippen molar-refractivity contribution in [3.05, 3.63) is 150 Å². The molecule has 1 heterocycles. The Labute approximate surface area is 291 Å². The predicted molar refractivity (Wildman–Crippen MR) is 209 cm³/mol. The number of benzene rings is 6. The van der Waals surface area contributed by atoms with E-state index in [1.807, 2.05) is 0 Å². The molecule has 1 aliphatic rings. The third-order valence-corrected chi connectivity index (χ3v) is 10.5. The highest BCUT2D eigenvalue weighted by Gasteiger charge is 2.36.